The van der Waals surface area contributed by atoms with Gasteiger partial charge in [-0.1, -0.05) is 186 Å². The maximum absolute atomic E-state index is 6.88. The third-order valence-corrected chi connectivity index (χ3v) is 15.6. The summed E-state index contributed by atoms with van der Waals surface area (Å²) in [6, 6.07) is 72.2. The minimum Gasteiger partial charge on any atom is -0.501 e. The number of rotatable bonds is 9. The van der Waals surface area contributed by atoms with Crippen molar-refractivity contribution in [2.45, 2.75) is 59.2 Å². The van der Waals surface area contributed by atoms with Crippen LogP contribution >= 0.6 is 0 Å². The Balaban J connectivity index is 0.000000307. The van der Waals surface area contributed by atoms with Gasteiger partial charge in [-0.3, -0.25) is 4.98 Å². The molecule has 0 aliphatic carbocycles. The molecular weight excluding hydrogens is 1090 g/mol. The number of pyridine rings is 1. The molecule has 12 rings (SSSR count). The van der Waals surface area contributed by atoms with E-state index in [-0.39, 0.29) is 31.9 Å². The van der Waals surface area contributed by atoms with Gasteiger partial charge in [0.25, 0.3) is 0 Å². The molecule has 0 N–H and O–H groups in total. The van der Waals surface area contributed by atoms with Crippen molar-refractivity contribution in [2.75, 3.05) is 0 Å². The van der Waals surface area contributed by atoms with Crippen molar-refractivity contribution in [1.29, 1.82) is 0 Å². The third kappa shape index (κ3) is 9.62. The molecule has 8 aromatic carbocycles. The van der Waals surface area contributed by atoms with Crippen LogP contribution in [0.1, 0.15) is 50.7 Å². The number of aromatic nitrogens is 5. The van der Waals surface area contributed by atoms with Gasteiger partial charge in [-0.25, -0.2) is 0 Å². The zero-order valence-corrected chi connectivity index (χ0v) is 45.5. The van der Waals surface area contributed by atoms with E-state index in [2.05, 4.69) is 202 Å². The van der Waals surface area contributed by atoms with Crippen molar-refractivity contribution in [3.05, 3.63) is 218 Å². The number of imidazole rings is 1. The average Bonchev–Trinajstić information content (AvgIpc) is 4.00. The Bertz CT molecular complexity index is 3850. The summed E-state index contributed by atoms with van der Waals surface area (Å²) >= 11 is 0. The largest absolute Gasteiger partial charge is 0.501 e. The molecule has 1 radical (unpaired) electrons. The minimum atomic E-state index is -1.23. The first-order chi connectivity index (χ1) is 35.0. The Morgan fingerprint density at radius 1 is 0.534 bits per heavy atom. The fourth-order valence-corrected chi connectivity index (χ4v) is 10.7. The van der Waals surface area contributed by atoms with Crippen LogP contribution < -0.4 is 5.19 Å². The van der Waals surface area contributed by atoms with E-state index in [9.17, 15) is 0 Å². The van der Waals surface area contributed by atoms with E-state index in [4.69, 9.17) is 19.6 Å². The van der Waals surface area contributed by atoms with E-state index in [1.165, 1.54) is 38.6 Å². The van der Waals surface area contributed by atoms with Crippen molar-refractivity contribution in [1.82, 2.24) is 24.7 Å². The van der Waals surface area contributed by atoms with Crippen LogP contribution in [0.4, 0.5) is 0 Å². The van der Waals surface area contributed by atoms with E-state index in [1.54, 1.807) is 0 Å². The average molecular weight is 1140 g/mol. The molecule has 0 bridgehead atoms. The van der Waals surface area contributed by atoms with Crippen molar-refractivity contribution < 1.29 is 24.5 Å². The molecule has 0 atom stereocenters. The van der Waals surface area contributed by atoms with E-state index in [1.807, 2.05) is 60.8 Å². The van der Waals surface area contributed by atoms with Gasteiger partial charge in [0.1, 0.15) is 11.1 Å². The molecular formula is C65H55IrN5OSi-2. The molecule has 0 spiro atoms. The van der Waals surface area contributed by atoms with Crippen LogP contribution in [0.25, 0.3) is 106 Å². The molecule has 6 nitrogen and oxygen atoms in total. The molecule has 0 aliphatic heterocycles. The number of furan rings is 1. The first-order valence-electron chi connectivity index (χ1n) is 24.8. The molecule has 0 amide bonds. The van der Waals surface area contributed by atoms with Gasteiger partial charge in [0, 0.05) is 42.8 Å². The summed E-state index contributed by atoms with van der Waals surface area (Å²) in [5.74, 6) is 1.13. The summed E-state index contributed by atoms with van der Waals surface area (Å²) in [6.45, 7) is 16.0. The zero-order chi connectivity index (χ0) is 49.5. The van der Waals surface area contributed by atoms with Gasteiger partial charge in [0.15, 0.2) is 5.65 Å². The van der Waals surface area contributed by atoms with Gasteiger partial charge < -0.3 is 14.0 Å². The van der Waals surface area contributed by atoms with Crippen molar-refractivity contribution >= 4 is 57.3 Å². The normalized spacial score (nSPS) is 11.6. The second kappa shape index (κ2) is 20.5. The molecule has 0 fully saturated rings. The Morgan fingerprint density at radius 3 is 1.78 bits per heavy atom. The summed E-state index contributed by atoms with van der Waals surface area (Å²) in [5, 5.41) is 14.1. The zero-order valence-electron chi connectivity index (χ0n) is 42.1. The predicted molar refractivity (Wildman–Crippen MR) is 302 cm³/mol. The molecule has 12 aromatic rings. The summed E-state index contributed by atoms with van der Waals surface area (Å²) in [7, 11) is -1.23. The molecule has 0 unspecified atom stereocenters. The maximum atomic E-state index is 6.88. The van der Waals surface area contributed by atoms with Gasteiger partial charge in [-0.2, -0.15) is 0 Å². The van der Waals surface area contributed by atoms with Gasteiger partial charge in [-0.15, -0.1) is 64.3 Å². The molecule has 0 saturated carbocycles. The molecule has 4 aromatic heterocycles. The molecule has 4 heterocycles. The molecule has 0 saturated heterocycles. The topological polar surface area (TPSA) is 69.6 Å². The molecule has 361 valence electrons. The minimum absolute atomic E-state index is 0. The van der Waals surface area contributed by atoms with Crippen LogP contribution in [-0.2, 0) is 20.1 Å². The van der Waals surface area contributed by atoms with Crippen molar-refractivity contribution in [3.8, 4) is 61.7 Å². The van der Waals surface area contributed by atoms with Crippen molar-refractivity contribution in [3.63, 3.8) is 0 Å². The first kappa shape index (κ1) is 49.0. The summed E-state index contributed by atoms with van der Waals surface area (Å²) < 4.78 is 9.11. The number of hydrogen-bond donors (Lipinski definition) is 0. The smallest absolute Gasteiger partial charge is 0.178 e. The summed E-state index contributed by atoms with van der Waals surface area (Å²) in [6.07, 6.45) is 2.02. The fraction of sp³-hybridized carbons (Fsp3) is 0.138. The van der Waals surface area contributed by atoms with E-state index >= 15 is 0 Å². The Labute approximate surface area is 442 Å². The van der Waals surface area contributed by atoms with Crippen LogP contribution in [0.3, 0.4) is 0 Å². The predicted octanol–water partition coefficient (Wildman–Crippen LogP) is 16.7. The summed E-state index contributed by atoms with van der Waals surface area (Å²) in [5.41, 5.74) is 17.2. The van der Waals surface area contributed by atoms with E-state index < -0.39 is 8.07 Å². The van der Waals surface area contributed by atoms with Gasteiger partial charge in [0.2, 0.25) is 0 Å². The van der Waals surface area contributed by atoms with Crippen LogP contribution in [0.5, 0.6) is 0 Å². The van der Waals surface area contributed by atoms with E-state index in [0.29, 0.717) is 5.65 Å². The number of fused-ring (bicyclic) bond motifs is 6. The van der Waals surface area contributed by atoms with Crippen molar-refractivity contribution in [2.24, 2.45) is 0 Å². The van der Waals surface area contributed by atoms with Crippen LogP contribution in [0.2, 0.25) is 19.6 Å². The van der Waals surface area contributed by atoms with Crippen LogP contribution in [0, 0.1) is 12.1 Å². The molecule has 0 aliphatic rings. The van der Waals surface area contributed by atoms with Gasteiger partial charge in [-0.05, 0) is 91.5 Å². The third-order valence-electron chi connectivity index (χ3n) is 13.6. The van der Waals surface area contributed by atoms with Crippen LogP contribution in [0.15, 0.2) is 199 Å². The SMILES string of the molecule is CC(C)c1cc(-c2ccccc2)cc(C(C)C)c1-n1c(-c2[c-]ccc3c2oc2cc(-c4ccc(-c5ccccc5)cc4)ccc23)nc2c3ccccc3nnc21.C[Si](C)(C)c1ccc(-c2[c-]cccc2)nc1.[Ir]. The Hall–Kier alpha value is -7.61. The second-order valence-corrected chi connectivity index (χ2v) is 25.2. The molecule has 73 heavy (non-hydrogen) atoms. The fourth-order valence-electron chi connectivity index (χ4n) is 9.66. The quantitative estimate of drug-likeness (QED) is 0.106. The second-order valence-electron chi connectivity index (χ2n) is 20.1. The number of hydrogen-bond acceptors (Lipinski definition) is 5. The maximum Gasteiger partial charge on any atom is 0.178 e. The number of benzene rings is 8. The van der Waals surface area contributed by atoms with Gasteiger partial charge in [0.05, 0.1) is 25.0 Å². The first-order valence-corrected chi connectivity index (χ1v) is 28.3. The molecule has 8 heteroatoms. The Morgan fingerprint density at radius 2 is 1.15 bits per heavy atom. The Kier molecular flexibility index (Phi) is 13.7. The summed E-state index contributed by atoms with van der Waals surface area (Å²) in [4.78, 5) is 9.98. The standard InChI is InChI=1S/C51H39N4O.C14H16NSi.Ir/c1-31(2)43-28-38(34-16-9-6-10-17-34)29-44(32(3)4)48(43)55-50(52-47-41-18-11-12-21-45(41)53-54-51(47)55)42-20-13-19-40-39-27-26-37(30-46(39)56-49(40)42)36-24-22-35(23-25-36)33-14-7-5-8-15-33;1-16(2,3)13-9-10-14(15-11-13)12-7-5-4-6-8-12;/h5-19,21-32H,1-4H3;4-7,9-11H,1-3H3;/q2*-1;. The van der Waals surface area contributed by atoms with Gasteiger partial charge >= 0.3 is 0 Å². The number of nitrogens with zero attached hydrogens (tertiary/aromatic N) is 5. The van der Waals surface area contributed by atoms with Crippen LogP contribution in [-0.4, -0.2) is 32.8 Å². The monoisotopic (exact) mass is 1140 g/mol. The van der Waals surface area contributed by atoms with E-state index in [0.717, 1.165) is 77.8 Å².